The van der Waals surface area contributed by atoms with Gasteiger partial charge in [-0.15, -0.1) is 0 Å². The maximum atomic E-state index is 12.5. The first-order valence-electron chi connectivity index (χ1n) is 8.06. The number of aromatic nitrogens is 2. The average Bonchev–Trinajstić information content (AvgIpc) is 2.64. The Kier molecular flexibility index (Phi) is 5.73. The van der Waals surface area contributed by atoms with E-state index in [-0.39, 0.29) is 11.9 Å². The second kappa shape index (κ2) is 7.99. The molecule has 0 saturated carbocycles. The molecule has 8 heteroatoms. The van der Waals surface area contributed by atoms with Crippen molar-refractivity contribution in [1.82, 2.24) is 14.9 Å². The minimum absolute atomic E-state index is 0.0892. The maximum absolute atomic E-state index is 12.5. The average molecular weight is 380 g/mol. The van der Waals surface area contributed by atoms with E-state index < -0.39 is 0 Å². The summed E-state index contributed by atoms with van der Waals surface area (Å²) < 4.78 is 0. The van der Waals surface area contributed by atoms with Gasteiger partial charge in [-0.05, 0) is 31.2 Å². The molecule has 1 unspecified atom stereocenters. The van der Waals surface area contributed by atoms with Crippen LogP contribution in [0, 0.1) is 0 Å². The van der Waals surface area contributed by atoms with Crippen molar-refractivity contribution in [2.45, 2.75) is 13.0 Å². The number of nitrogens with zero attached hydrogens (tertiary/aromatic N) is 4. The van der Waals surface area contributed by atoms with Gasteiger partial charge in [0.15, 0.2) is 0 Å². The molecule has 2 aromatic rings. The molecule has 2 heterocycles. The first-order chi connectivity index (χ1) is 12.0. The van der Waals surface area contributed by atoms with Gasteiger partial charge < -0.3 is 10.2 Å². The fourth-order valence-electron chi connectivity index (χ4n) is 2.76. The quantitative estimate of drug-likeness (QED) is 0.884. The predicted octanol–water partition coefficient (Wildman–Crippen LogP) is 2.93. The maximum Gasteiger partial charge on any atom is 0.241 e. The molecule has 1 aliphatic rings. The van der Waals surface area contributed by atoms with Gasteiger partial charge in [0.1, 0.15) is 0 Å². The molecule has 1 amide bonds. The molecule has 1 fully saturated rings. The predicted molar refractivity (Wildman–Crippen MR) is 100 cm³/mol. The Balaban J connectivity index is 1.56. The standard InChI is InChI=1S/C17H19Cl2N5O/c1-12(16(25)22-15-4-3-13(18)11-14(15)19)23-7-9-24(10-8-23)17-20-5-2-6-21-17/h2-6,11-12H,7-10H2,1H3,(H,22,25). The van der Waals surface area contributed by atoms with Gasteiger partial charge in [-0.2, -0.15) is 0 Å². The molecule has 0 spiro atoms. The Morgan fingerprint density at radius 3 is 2.48 bits per heavy atom. The number of carbonyl (C=O) groups is 1. The van der Waals surface area contributed by atoms with Crippen molar-refractivity contribution in [1.29, 1.82) is 0 Å². The summed E-state index contributed by atoms with van der Waals surface area (Å²) in [6.07, 6.45) is 3.47. The minimum Gasteiger partial charge on any atom is -0.338 e. The Bertz CT molecular complexity index is 735. The van der Waals surface area contributed by atoms with Gasteiger partial charge in [-0.3, -0.25) is 9.69 Å². The van der Waals surface area contributed by atoms with Crippen LogP contribution in [-0.4, -0.2) is 53.0 Å². The van der Waals surface area contributed by atoms with Gasteiger partial charge in [0.05, 0.1) is 16.8 Å². The number of benzene rings is 1. The molecule has 1 N–H and O–H groups in total. The molecule has 1 aromatic carbocycles. The summed E-state index contributed by atoms with van der Waals surface area (Å²) in [6.45, 7) is 4.99. The molecule has 0 aliphatic carbocycles. The van der Waals surface area contributed by atoms with E-state index in [0.29, 0.717) is 15.7 Å². The fraction of sp³-hybridized carbons (Fsp3) is 0.353. The highest BCUT2D eigenvalue weighted by Gasteiger charge is 2.26. The summed E-state index contributed by atoms with van der Waals surface area (Å²) >= 11 is 12.0. The summed E-state index contributed by atoms with van der Waals surface area (Å²) in [4.78, 5) is 25.3. The number of piperazine rings is 1. The highest BCUT2D eigenvalue weighted by atomic mass is 35.5. The van der Waals surface area contributed by atoms with Crippen molar-refractivity contribution in [3.63, 3.8) is 0 Å². The number of hydrogen-bond acceptors (Lipinski definition) is 5. The Labute approximate surface area is 156 Å². The highest BCUT2D eigenvalue weighted by Crippen LogP contribution is 2.25. The number of amides is 1. The molecule has 1 aromatic heterocycles. The molecule has 25 heavy (non-hydrogen) atoms. The molecule has 1 atom stereocenters. The zero-order chi connectivity index (χ0) is 17.8. The van der Waals surface area contributed by atoms with Crippen LogP contribution >= 0.6 is 23.2 Å². The second-order valence-electron chi connectivity index (χ2n) is 5.86. The van der Waals surface area contributed by atoms with Gasteiger partial charge in [0.25, 0.3) is 0 Å². The van der Waals surface area contributed by atoms with E-state index >= 15 is 0 Å². The summed E-state index contributed by atoms with van der Waals surface area (Å²) in [5.41, 5.74) is 0.569. The van der Waals surface area contributed by atoms with E-state index in [1.54, 1.807) is 36.7 Å². The van der Waals surface area contributed by atoms with E-state index in [9.17, 15) is 4.79 Å². The number of hydrogen-bond donors (Lipinski definition) is 1. The SMILES string of the molecule is CC(C(=O)Nc1ccc(Cl)cc1Cl)N1CCN(c2ncccn2)CC1. The van der Waals surface area contributed by atoms with Crippen molar-refractivity contribution in [2.24, 2.45) is 0 Å². The van der Waals surface area contributed by atoms with Crippen LogP contribution < -0.4 is 10.2 Å². The van der Waals surface area contributed by atoms with Gasteiger partial charge in [-0.25, -0.2) is 9.97 Å². The van der Waals surface area contributed by atoms with Crippen molar-refractivity contribution in [3.8, 4) is 0 Å². The summed E-state index contributed by atoms with van der Waals surface area (Å²) in [6, 6.07) is 6.56. The topological polar surface area (TPSA) is 61.4 Å². The van der Waals surface area contributed by atoms with Gasteiger partial charge in [-0.1, -0.05) is 23.2 Å². The molecule has 1 aliphatic heterocycles. The molecule has 3 rings (SSSR count). The first-order valence-corrected chi connectivity index (χ1v) is 8.82. The third-order valence-electron chi connectivity index (χ3n) is 4.27. The molecule has 6 nitrogen and oxygen atoms in total. The lowest BCUT2D eigenvalue weighted by Gasteiger charge is -2.37. The van der Waals surface area contributed by atoms with Crippen LogP contribution in [0.1, 0.15) is 6.92 Å². The molecular weight excluding hydrogens is 361 g/mol. The van der Waals surface area contributed by atoms with Crippen LogP contribution in [0.5, 0.6) is 0 Å². The first kappa shape index (κ1) is 17.9. The van der Waals surface area contributed by atoms with Gasteiger partial charge in [0.2, 0.25) is 11.9 Å². The minimum atomic E-state index is -0.259. The molecule has 0 bridgehead atoms. The van der Waals surface area contributed by atoms with Crippen molar-refractivity contribution < 1.29 is 4.79 Å². The monoisotopic (exact) mass is 379 g/mol. The van der Waals surface area contributed by atoms with E-state index in [2.05, 4.69) is 25.1 Å². The molecule has 1 saturated heterocycles. The Hall–Kier alpha value is -1.89. The lowest BCUT2D eigenvalue weighted by Crippen LogP contribution is -2.53. The lowest BCUT2D eigenvalue weighted by molar-refractivity contribution is -0.120. The van der Waals surface area contributed by atoms with Crippen LogP contribution in [0.3, 0.4) is 0 Å². The largest absolute Gasteiger partial charge is 0.338 e. The number of carbonyl (C=O) groups excluding carboxylic acids is 1. The third-order valence-corrected chi connectivity index (χ3v) is 4.81. The third kappa shape index (κ3) is 4.39. The van der Waals surface area contributed by atoms with Gasteiger partial charge >= 0.3 is 0 Å². The van der Waals surface area contributed by atoms with Crippen LogP contribution in [0.25, 0.3) is 0 Å². The Morgan fingerprint density at radius 2 is 1.84 bits per heavy atom. The van der Waals surface area contributed by atoms with Crippen LogP contribution in [0.4, 0.5) is 11.6 Å². The van der Waals surface area contributed by atoms with Crippen LogP contribution in [-0.2, 0) is 4.79 Å². The highest BCUT2D eigenvalue weighted by molar-refractivity contribution is 6.36. The van der Waals surface area contributed by atoms with E-state index in [1.165, 1.54) is 0 Å². The van der Waals surface area contributed by atoms with Crippen molar-refractivity contribution >= 4 is 40.7 Å². The van der Waals surface area contributed by atoms with Crippen LogP contribution in [0.2, 0.25) is 10.0 Å². The zero-order valence-electron chi connectivity index (χ0n) is 13.8. The van der Waals surface area contributed by atoms with E-state index in [4.69, 9.17) is 23.2 Å². The lowest BCUT2D eigenvalue weighted by atomic mass is 10.2. The van der Waals surface area contributed by atoms with Gasteiger partial charge in [0, 0.05) is 43.6 Å². The summed E-state index contributed by atoms with van der Waals surface area (Å²) in [5, 5.41) is 3.83. The molecule has 0 radical (unpaired) electrons. The fourth-order valence-corrected chi connectivity index (χ4v) is 3.21. The zero-order valence-corrected chi connectivity index (χ0v) is 15.3. The number of nitrogens with one attached hydrogen (secondary N) is 1. The summed E-state index contributed by atoms with van der Waals surface area (Å²) in [5.74, 6) is 0.640. The van der Waals surface area contributed by atoms with Crippen molar-refractivity contribution in [3.05, 3.63) is 46.7 Å². The number of halogens is 2. The molecule has 132 valence electrons. The van der Waals surface area contributed by atoms with Crippen molar-refractivity contribution in [2.75, 3.05) is 36.4 Å². The van der Waals surface area contributed by atoms with Crippen LogP contribution in [0.15, 0.2) is 36.7 Å². The number of anilines is 2. The van der Waals surface area contributed by atoms with E-state index in [0.717, 1.165) is 32.1 Å². The van der Waals surface area contributed by atoms with E-state index in [1.807, 2.05) is 6.92 Å². The second-order valence-corrected chi connectivity index (χ2v) is 6.70. The normalized spacial score (nSPS) is 16.5. The smallest absolute Gasteiger partial charge is 0.241 e. The molecular formula is C17H19Cl2N5O. The number of rotatable bonds is 4. The summed E-state index contributed by atoms with van der Waals surface area (Å²) in [7, 11) is 0. The Morgan fingerprint density at radius 1 is 1.16 bits per heavy atom.